The first-order chi connectivity index (χ1) is 12.1. The van der Waals surface area contributed by atoms with Gasteiger partial charge >= 0.3 is 0 Å². The number of aryl methyl sites for hydroxylation is 3. The van der Waals surface area contributed by atoms with Crippen LogP contribution in [-0.4, -0.2) is 24.1 Å². The topological polar surface area (TPSA) is 55.1 Å². The molecule has 1 heterocycles. The molecular weight excluding hydrogens is 332 g/mol. The van der Waals surface area contributed by atoms with E-state index in [-0.39, 0.29) is 11.7 Å². The highest BCUT2D eigenvalue weighted by Crippen LogP contribution is 2.24. The molecule has 0 aliphatic heterocycles. The first-order valence-corrected chi connectivity index (χ1v) is 9.58. The minimum Gasteiger partial charge on any atom is -0.337 e. The minimum absolute atomic E-state index is 0.147. The maximum atomic E-state index is 11.4. The molecule has 2 unspecified atom stereocenters. The van der Waals surface area contributed by atoms with Crippen molar-refractivity contribution in [1.82, 2.24) is 9.55 Å². The van der Waals surface area contributed by atoms with Crippen LogP contribution in [0.1, 0.15) is 28.4 Å². The third-order valence-corrected chi connectivity index (χ3v) is 5.03. The van der Waals surface area contributed by atoms with Gasteiger partial charge in [0.1, 0.15) is 5.82 Å². The Morgan fingerprint density at radius 3 is 2.24 bits per heavy atom. The standard InChI is InChI=1S/C20H22N2O2S/c1-22-14-13-21-20(22)19(15-25(23)24)18-11-9-17(10-12-18)8-7-16-5-3-2-4-6-16/h2-6,9-14,19H,7-8,15H2,1H3,(H,23,24). The summed E-state index contributed by atoms with van der Waals surface area (Å²) < 4.78 is 22.7. The summed E-state index contributed by atoms with van der Waals surface area (Å²) in [6, 6.07) is 18.7. The molecule has 0 aliphatic rings. The fraction of sp³-hybridized carbons (Fsp3) is 0.250. The van der Waals surface area contributed by atoms with Crippen LogP contribution in [0.25, 0.3) is 0 Å². The molecule has 0 saturated carbocycles. The van der Waals surface area contributed by atoms with Crippen LogP contribution in [0.2, 0.25) is 0 Å². The highest BCUT2D eigenvalue weighted by molar-refractivity contribution is 7.79. The average molecular weight is 354 g/mol. The monoisotopic (exact) mass is 354 g/mol. The summed E-state index contributed by atoms with van der Waals surface area (Å²) in [4.78, 5) is 4.36. The van der Waals surface area contributed by atoms with E-state index >= 15 is 0 Å². The molecule has 3 aromatic rings. The van der Waals surface area contributed by atoms with Crippen LogP contribution in [0.5, 0.6) is 0 Å². The minimum atomic E-state index is -1.88. The number of hydrogen-bond acceptors (Lipinski definition) is 2. The van der Waals surface area contributed by atoms with Crippen LogP contribution < -0.4 is 0 Å². The quantitative estimate of drug-likeness (QED) is 0.660. The first kappa shape index (κ1) is 17.6. The lowest BCUT2D eigenvalue weighted by atomic mass is 9.97. The van der Waals surface area contributed by atoms with Crippen LogP contribution in [-0.2, 0) is 31.0 Å². The van der Waals surface area contributed by atoms with Gasteiger partial charge in [0.2, 0.25) is 0 Å². The smallest absolute Gasteiger partial charge is 0.153 e. The predicted molar refractivity (Wildman–Crippen MR) is 101 cm³/mol. The Bertz CT molecular complexity index is 828. The zero-order chi connectivity index (χ0) is 17.6. The van der Waals surface area contributed by atoms with Crippen molar-refractivity contribution < 1.29 is 8.76 Å². The molecule has 3 rings (SSSR count). The molecular formula is C20H22N2O2S. The van der Waals surface area contributed by atoms with Gasteiger partial charge in [-0.05, 0) is 29.5 Å². The molecule has 0 aliphatic carbocycles. The lowest BCUT2D eigenvalue weighted by molar-refractivity contribution is 0.558. The van der Waals surface area contributed by atoms with Gasteiger partial charge in [-0.2, -0.15) is 0 Å². The van der Waals surface area contributed by atoms with Crippen LogP contribution in [0.15, 0.2) is 67.0 Å². The van der Waals surface area contributed by atoms with Gasteiger partial charge < -0.3 is 9.12 Å². The molecule has 25 heavy (non-hydrogen) atoms. The molecule has 130 valence electrons. The third-order valence-electron chi connectivity index (χ3n) is 4.41. The van der Waals surface area contributed by atoms with Gasteiger partial charge in [-0.15, -0.1) is 0 Å². The lowest BCUT2D eigenvalue weighted by Crippen LogP contribution is -2.15. The third kappa shape index (κ3) is 4.65. The van der Waals surface area contributed by atoms with Crippen LogP contribution >= 0.6 is 0 Å². The Labute approximate surface area is 150 Å². The second kappa shape index (κ2) is 8.23. The molecule has 1 N–H and O–H groups in total. The number of aromatic nitrogens is 2. The van der Waals surface area contributed by atoms with Gasteiger partial charge in [0.15, 0.2) is 11.1 Å². The van der Waals surface area contributed by atoms with E-state index in [2.05, 4.69) is 41.4 Å². The Balaban J connectivity index is 1.75. The summed E-state index contributed by atoms with van der Waals surface area (Å²) in [5, 5.41) is 0. The summed E-state index contributed by atoms with van der Waals surface area (Å²) >= 11 is -1.88. The zero-order valence-electron chi connectivity index (χ0n) is 14.2. The van der Waals surface area contributed by atoms with E-state index < -0.39 is 11.1 Å². The summed E-state index contributed by atoms with van der Waals surface area (Å²) in [5.41, 5.74) is 3.60. The molecule has 2 atom stereocenters. The molecule has 0 fully saturated rings. The van der Waals surface area contributed by atoms with Crippen molar-refractivity contribution in [1.29, 1.82) is 0 Å². The molecule has 2 aromatic carbocycles. The SMILES string of the molecule is Cn1ccnc1C(CS(=O)O)c1ccc(CCc2ccccc2)cc1. The Morgan fingerprint density at radius 2 is 1.68 bits per heavy atom. The van der Waals surface area contributed by atoms with Crippen LogP contribution in [0, 0.1) is 0 Å². The predicted octanol–water partition coefficient (Wildman–Crippen LogP) is 3.56. The Morgan fingerprint density at radius 1 is 1.04 bits per heavy atom. The normalized spacial score (nSPS) is 13.5. The van der Waals surface area contributed by atoms with Gasteiger partial charge in [0, 0.05) is 19.4 Å². The van der Waals surface area contributed by atoms with Crippen molar-refractivity contribution >= 4 is 11.1 Å². The molecule has 0 spiro atoms. The summed E-state index contributed by atoms with van der Waals surface area (Å²) in [7, 11) is 1.91. The number of benzene rings is 2. The van der Waals surface area contributed by atoms with E-state index in [4.69, 9.17) is 0 Å². The molecule has 0 radical (unpaired) electrons. The van der Waals surface area contributed by atoms with E-state index in [9.17, 15) is 8.76 Å². The van der Waals surface area contributed by atoms with Crippen LogP contribution in [0.3, 0.4) is 0 Å². The van der Waals surface area contributed by atoms with E-state index in [1.165, 1.54) is 11.1 Å². The number of nitrogens with zero attached hydrogens (tertiary/aromatic N) is 2. The van der Waals surface area contributed by atoms with Crippen LogP contribution in [0.4, 0.5) is 0 Å². The average Bonchev–Trinajstić information content (AvgIpc) is 3.05. The number of hydrogen-bond donors (Lipinski definition) is 1. The van der Waals surface area contributed by atoms with E-state index in [0.29, 0.717) is 0 Å². The molecule has 0 saturated heterocycles. The molecule has 1 aromatic heterocycles. The van der Waals surface area contributed by atoms with Crippen molar-refractivity contribution in [2.45, 2.75) is 18.8 Å². The lowest BCUT2D eigenvalue weighted by Gasteiger charge is -2.16. The number of imidazole rings is 1. The molecule has 5 heteroatoms. The molecule has 4 nitrogen and oxygen atoms in total. The fourth-order valence-electron chi connectivity index (χ4n) is 3.03. The second-order valence-electron chi connectivity index (χ2n) is 6.16. The van der Waals surface area contributed by atoms with Crippen molar-refractivity contribution in [2.75, 3.05) is 5.75 Å². The summed E-state index contributed by atoms with van der Waals surface area (Å²) in [6.07, 6.45) is 5.56. The maximum Gasteiger partial charge on any atom is 0.153 e. The highest BCUT2D eigenvalue weighted by Gasteiger charge is 2.20. The Hall–Kier alpha value is -2.24. The largest absolute Gasteiger partial charge is 0.337 e. The van der Waals surface area contributed by atoms with Gasteiger partial charge in [-0.25, -0.2) is 9.19 Å². The highest BCUT2D eigenvalue weighted by atomic mass is 32.2. The van der Waals surface area contributed by atoms with Gasteiger partial charge in [-0.3, -0.25) is 0 Å². The second-order valence-corrected chi connectivity index (χ2v) is 7.14. The van der Waals surface area contributed by atoms with E-state index in [1.807, 2.05) is 36.0 Å². The maximum absolute atomic E-state index is 11.4. The van der Waals surface area contributed by atoms with Crippen molar-refractivity contribution in [3.8, 4) is 0 Å². The zero-order valence-corrected chi connectivity index (χ0v) is 15.0. The molecule has 0 amide bonds. The fourth-order valence-corrected chi connectivity index (χ4v) is 3.65. The Kier molecular flexibility index (Phi) is 5.79. The first-order valence-electron chi connectivity index (χ1n) is 8.31. The van der Waals surface area contributed by atoms with Crippen molar-refractivity contribution in [3.05, 3.63) is 89.5 Å². The summed E-state index contributed by atoms with van der Waals surface area (Å²) in [6.45, 7) is 0. The van der Waals surface area contributed by atoms with Gasteiger partial charge in [0.05, 0.1) is 11.7 Å². The van der Waals surface area contributed by atoms with E-state index in [0.717, 1.165) is 24.2 Å². The molecule has 0 bridgehead atoms. The van der Waals surface area contributed by atoms with Crippen molar-refractivity contribution in [3.63, 3.8) is 0 Å². The van der Waals surface area contributed by atoms with Gasteiger partial charge in [0.25, 0.3) is 0 Å². The number of rotatable bonds is 7. The van der Waals surface area contributed by atoms with E-state index in [1.54, 1.807) is 6.20 Å². The van der Waals surface area contributed by atoms with Gasteiger partial charge in [-0.1, -0.05) is 54.6 Å². The summed E-state index contributed by atoms with van der Waals surface area (Å²) in [5.74, 6) is 0.766. The van der Waals surface area contributed by atoms with Crippen molar-refractivity contribution in [2.24, 2.45) is 7.05 Å².